The number of anilines is 2. The second kappa shape index (κ2) is 18.8. The predicted molar refractivity (Wildman–Crippen MR) is 175 cm³/mol. The molecule has 0 aromatic heterocycles. The van der Waals surface area contributed by atoms with Gasteiger partial charge in [0.15, 0.2) is 0 Å². The average molecular weight is 646 g/mol. The molecule has 9 nitrogen and oxygen atoms in total. The molecule has 2 aromatic carbocycles. The molecule has 0 heterocycles. The van der Waals surface area contributed by atoms with Crippen LogP contribution in [0.2, 0.25) is 0 Å². The quantitative estimate of drug-likeness (QED) is 0.0817. The molecule has 212 valence electrons. The monoisotopic (exact) mass is 645 g/mol. The van der Waals surface area contributed by atoms with Crippen molar-refractivity contribution in [2.75, 3.05) is 41.4 Å². The molecule has 0 bridgehead atoms. The van der Waals surface area contributed by atoms with Crippen LogP contribution in [0.4, 0.5) is 11.4 Å². The third-order valence-corrected chi connectivity index (χ3v) is 10.2. The number of amides is 2. The fourth-order valence-electron chi connectivity index (χ4n) is 2.80. The summed E-state index contributed by atoms with van der Waals surface area (Å²) in [6.07, 6.45) is 0. The standard InChI is InChI=1S/C24H31N5O4S6/c25-17(13-34)23(32)38-36-11-9-27-21(30)15-5-1-3-7-19(15)29-20-8-4-2-6-16(20)22(31)28-10-12-37-39-24(33)18(26)14-35/h1-8,17-18,29,34-35H,9-14,25-26H2,(H,27,30)(H,28,31)/t17-,18-/m0/s1. The van der Waals surface area contributed by atoms with Crippen molar-refractivity contribution in [2.45, 2.75) is 12.1 Å². The number of thiol groups is 2. The maximum absolute atomic E-state index is 12.9. The Morgan fingerprint density at radius 1 is 0.692 bits per heavy atom. The lowest BCUT2D eigenvalue weighted by Crippen LogP contribution is -2.30. The van der Waals surface area contributed by atoms with Crippen molar-refractivity contribution in [3.05, 3.63) is 59.7 Å². The minimum absolute atomic E-state index is 0.152. The topological polar surface area (TPSA) is 156 Å². The number of benzene rings is 2. The first-order valence-electron chi connectivity index (χ1n) is 11.7. The summed E-state index contributed by atoms with van der Waals surface area (Å²) in [6.45, 7) is 0.714. The van der Waals surface area contributed by atoms with Gasteiger partial charge >= 0.3 is 0 Å². The van der Waals surface area contributed by atoms with Gasteiger partial charge in [0, 0.05) is 36.1 Å². The molecule has 0 aliphatic heterocycles. The molecule has 0 unspecified atom stereocenters. The van der Waals surface area contributed by atoms with Crippen LogP contribution in [0.1, 0.15) is 20.7 Å². The minimum Gasteiger partial charge on any atom is -0.354 e. The normalized spacial score (nSPS) is 12.3. The van der Waals surface area contributed by atoms with E-state index < -0.39 is 12.1 Å². The van der Waals surface area contributed by atoms with Gasteiger partial charge in [0.05, 0.1) is 34.6 Å². The first-order valence-corrected chi connectivity index (χ1v) is 17.6. The van der Waals surface area contributed by atoms with E-state index in [1.54, 1.807) is 48.5 Å². The van der Waals surface area contributed by atoms with Crippen molar-refractivity contribution in [3.63, 3.8) is 0 Å². The summed E-state index contributed by atoms with van der Waals surface area (Å²) in [4.78, 5) is 49.2. The van der Waals surface area contributed by atoms with E-state index in [0.717, 1.165) is 21.6 Å². The summed E-state index contributed by atoms with van der Waals surface area (Å²) in [5.41, 5.74) is 13.2. The van der Waals surface area contributed by atoms with Crippen LogP contribution in [-0.2, 0) is 9.59 Å². The highest BCUT2D eigenvalue weighted by atomic mass is 33.1. The number of carbonyl (C=O) groups excluding carboxylic acids is 4. The van der Waals surface area contributed by atoms with E-state index in [4.69, 9.17) is 11.5 Å². The molecule has 0 aliphatic rings. The van der Waals surface area contributed by atoms with E-state index in [-0.39, 0.29) is 33.6 Å². The van der Waals surface area contributed by atoms with Gasteiger partial charge < -0.3 is 27.4 Å². The fraction of sp³-hybridized carbons (Fsp3) is 0.333. The van der Waals surface area contributed by atoms with Crippen molar-refractivity contribution >= 4 is 102 Å². The van der Waals surface area contributed by atoms with Crippen LogP contribution >= 0.6 is 68.4 Å². The van der Waals surface area contributed by atoms with Crippen molar-refractivity contribution in [2.24, 2.45) is 11.5 Å². The van der Waals surface area contributed by atoms with Gasteiger partial charge in [-0.1, -0.05) is 45.9 Å². The zero-order valence-corrected chi connectivity index (χ0v) is 25.9. The molecule has 0 fully saturated rings. The first kappa shape index (κ1) is 33.7. The van der Waals surface area contributed by atoms with E-state index in [9.17, 15) is 19.2 Å². The molecule has 7 N–H and O–H groups in total. The van der Waals surface area contributed by atoms with Gasteiger partial charge in [-0.2, -0.15) is 25.3 Å². The van der Waals surface area contributed by atoms with Crippen molar-refractivity contribution in [1.82, 2.24) is 10.6 Å². The van der Waals surface area contributed by atoms with Crippen LogP contribution in [0.5, 0.6) is 0 Å². The SMILES string of the molecule is N[C@@H](CS)C(=O)SSCCNC(=O)c1ccccc1Nc1ccccc1C(=O)NCCSSC(=O)[C@@H](N)CS. The molecule has 0 radical (unpaired) electrons. The average Bonchev–Trinajstić information content (AvgIpc) is 2.95. The number of nitrogens with two attached hydrogens (primary N) is 2. The summed E-state index contributed by atoms with van der Waals surface area (Å²) >= 11 is 8.03. The summed E-state index contributed by atoms with van der Waals surface area (Å²) in [5.74, 6) is 1.03. The van der Waals surface area contributed by atoms with E-state index in [1.807, 2.05) is 0 Å². The third-order valence-electron chi connectivity index (χ3n) is 4.84. The van der Waals surface area contributed by atoms with Gasteiger partial charge in [0.2, 0.25) is 10.2 Å². The Morgan fingerprint density at radius 3 is 1.46 bits per heavy atom. The molecule has 0 saturated heterocycles. The molecule has 2 aromatic rings. The molecule has 15 heteroatoms. The molecule has 2 amide bonds. The van der Waals surface area contributed by atoms with Crippen LogP contribution in [0.25, 0.3) is 0 Å². The van der Waals surface area contributed by atoms with E-state index >= 15 is 0 Å². The highest BCUT2D eigenvalue weighted by molar-refractivity contribution is 8.82. The predicted octanol–water partition coefficient (Wildman–Crippen LogP) is 3.22. The number of hydrogen-bond donors (Lipinski definition) is 7. The van der Waals surface area contributed by atoms with Crippen LogP contribution in [0.15, 0.2) is 48.5 Å². The molecule has 0 saturated carbocycles. The largest absolute Gasteiger partial charge is 0.354 e. The summed E-state index contributed by atoms with van der Waals surface area (Å²) in [5, 5.41) is 8.59. The van der Waals surface area contributed by atoms with Gasteiger partial charge in [-0.05, 0) is 45.9 Å². The Labute approximate surface area is 254 Å². The minimum atomic E-state index is -0.612. The van der Waals surface area contributed by atoms with E-state index in [0.29, 0.717) is 47.1 Å². The van der Waals surface area contributed by atoms with Crippen LogP contribution in [0, 0.1) is 0 Å². The van der Waals surface area contributed by atoms with E-state index in [2.05, 4.69) is 41.2 Å². The summed E-state index contributed by atoms with van der Waals surface area (Å²) < 4.78 is 0. The lowest BCUT2D eigenvalue weighted by Gasteiger charge is -2.15. The molecular formula is C24H31N5O4S6. The molecular weight excluding hydrogens is 615 g/mol. The Balaban J connectivity index is 1.92. The van der Waals surface area contributed by atoms with Crippen LogP contribution < -0.4 is 27.4 Å². The Morgan fingerprint density at radius 2 is 1.08 bits per heavy atom. The molecule has 0 aliphatic carbocycles. The zero-order valence-electron chi connectivity index (χ0n) is 20.8. The van der Waals surface area contributed by atoms with E-state index in [1.165, 1.54) is 21.6 Å². The maximum atomic E-state index is 12.9. The Hall–Kier alpha value is -1.46. The number of nitrogens with one attached hydrogen (secondary N) is 3. The molecule has 0 spiro atoms. The fourth-order valence-corrected chi connectivity index (χ4v) is 7.00. The van der Waals surface area contributed by atoms with Gasteiger partial charge in [-0.25, -0.2) is 0 Å². The number of carbonyl (C=O) groups is 4. The number of hydrogen-bond acceptors (Lipinski definition) is 13. The van der Waals surface area contributed by atoms with Gasteiger partial charge in [-0.15, -0.1) is 0 Å². The highest BCUT2D eigenvalue weighted by Crippen LogP contribution is 2.26. The van der Waals surface area contributed by atoms with Crippen molar-refractivity contribution in [1.29, 1.82) is 0 Å². The number of para-hydroxylation sites is 2. The molecule has 2 rings (SSSR count). The molecule has 39 heavy (non-hydrogen) atoms. The lowest BCUT2D eigenvalue weighted by molar-refractivity contribution is -0.112. The van der Waals surface area contributed by atoms with Crippen molar-refractivity contribution < 1.29 is 19.2 Å². The second-order valence-electron chi connectivity index (χ2n) is 7.75. The van der Waals surface area contributed by atoms with Gasteiger partial charge in [-0.3, -0.25) is 19.2 Å². The highest BCUT2D eigenvalue weighted by Gasteiger charge is 2.16. The third kappa shape index (κ3) is 11.9. The summed E-state index contributed by atoms with van der Waals surface area (Å²) in [7, 11) is 4.74. The number of rotatable bonds is 16. The van der Waals surface area contributed by atoms with Gasteiger partial charge in [0.25, 0.3) is 11.8 Å². The summed E-state index contributed by atoms with van der Waals surface area (Å²) in [6, 6.07) is 12.8. The van der Waals surface area contributed by atoms with Crippen LogP contribution in [-0.4, -0.2) is 70.2 Å². The second-order valence-corrected chi connectivity index (χ2v) is 13.3. The Kier molecular flexibility index (Phi) is 16.3. The maximum Gasteiger partial charge on any atom is 0.253 e. The van der Waals surface area contributed by atoms with Crippen molar-refractivity contribution in [3.8, 4) is 0 Å². The zero-order chi connectivity index (χ0) is 28.6. The molecule has 2 atom stereocenters. The van der Waals surface area contributed by atoms with Crippen LogP contribution in [0.3, 0.4) is 0 Å². The first-order chi connectivity index (χ1) is 18.8. The van der Waals surface area contributed by atoms with Gasteiger partial charge in [0.1, 0.15) is 0 Å². The lowest BCUT2D eigenvalue weighted by atomic mass is 10.1. The smallest absolute Gasteiger partial charge is 0.253 e. The Bertz CT molecular complexity index is 1040.